The summed E-state index contributed by atoms with van der Waals surface area (Å²) in [7, 11) is 0. The van der Waals surface area contributed by atoms with Crippen LogP contribution >= 0.6 is 11.8 Å². The van der Waals surface area contributed by atoms with Gasteiger partial charge >= 0.3 is 0 Å². The summed E-state index contributed by atoms with van der Waals surface area (Å²) in [5.41, 5.74) is 3.79. The van der Waals surface area contributed by atoms with Crippen molar-refractivity contribution in [2.45, 2.75) is 32.4 Å². The number of amides is 2. The molecule has 0 bridgehead atoms. The first-order valence-electron chi connectivity index (χ1n) is 10.6. The zero-order chi connectivity index (χ0) is 20.9. The van der Waals surface area contributed by atoms with Crippen LogP contribution in [0.25, 0.3) is 0 Å². The van der Waals surface area contributed by atoms with E-state index in [9.17, 15) is 9.59 Å². The summed E-state index contributed by atoms with van der Waals surface area (Å²) in [6.45, 7) is 4.80. The summed E-state index contributed by atoms with van der Waals surface area (Å²) in [5, 5.41) is 2.99. The van der Waals surface area contributed by atoms with Crippen molar-refractivity contribution in [1.82, 2.24) is 9.80 Å². The molecule has 1 saturated heterocycles. The molecule has 1 aliphatic carbocycles. The minimum absolute atomic E-state index is 0.0343. The van der Waals surface area contributed by atoms with Crippen molar-refractivity contribution in [3.63, 3.8) is 0 Å². The molecule has 1 aliphatic heterocycles. The molecule has 0 unspecified atom stereocenters. The molecule has 5 nitrogen and oxygen atoms in total. The number of nitrogens with zero attached hydrogens (tertiary/aromatic N) is 2. The maximum absolute atomic E-state index is 12.7. The Labute approximate surface area is 182 Å². The average Bonchev–Trinajstić information content (AvgIpc) is 3.60. The standard InChI is InChI=1S/C24H29N3O2S/c1-18-5-7-19(8-6-18)16-27(22-9-10-22)17-23(28)25-21-4-2-3-20(15-21)24(29)26-11-13-30-14-12-26/h2-8,15,22H,9-14,16-17H2,1H3,(H,25,28). The molecular weight excluding hydrogens is 394 g/mol. The molecule has 2 aromatic rings. The minimum Gasteiger partial charge on any atom is -0.337 e. The summed E-state index contributed by atoms with van der Waals surface area (Å²) in [6.07, 6.45) is 2.30. The van der Waals surface area contributed by atoms with Crippen LogP contribution in [0.3, 0.4) is 0 Å². The fourth-order valence-electron chi connectivity index (χ4n) is 3.75. The third-order valence-electron chi connectivity index (χ3n) is 5.61. The van der Waals surface area contributed by atoms with E-state index in [1.807, 2.05) is 34.9 Å². The van der Waals surface area contributed by atoms with Crippen molar-refractivity contribution in [3.8, 4) is 0 Å². The van der Waals surface area contributed by atoms with Gasteiger partial charge in [-0.25, -0.2) is 0 Å². The monoisotopic (exact) mass is 423 g/mol. The van der Waals surface area contributed by atoms with Crippen LogP contribution in [0.5, 0.6) is 0 Å². The van der Waals surface area contributed by atoms with E-state index in [0.717, 1.165) is 44.0 Å². The lowest BCUT2D eigenvalue weighted by atomic mass is 10.1. The number of hydrogen-bond donors (Lipinski definition) is 1. The number of carbonyl (C=O) groups is 2. The van der Waals surface area contributed by atoms with Gasteiger partial charge in [0.05, 0.1) is 6.54 Å². The Bertz CT molecular complexity index is 890. The van der Waals surface area contributed by atoms with Gasteiger partial charge in [-0.3, -0.25) is 14.5 Å². The van der Waals surface area contributed by atoms with E-state index >= 15 is 0 Å². The largest absolute Gasteiger partial charge is 0.337 e. The van der Waals surface area contributed by atoms with E-state index < -0.39 is 0 Å². The predicted octanol–water partition coefficient (Wildman–Crippen LogP) is 3.79. The molecule has 2 fully saturated rings. The zero-order valence-corrected chi connectivity index (χ0v) is 18.3. The van der Waals surface area contributed by atoms with Crippen LogP contribution in [0.4, 0.5) is 5.69 Å². The number of thioether (sulfide) groups is 1. The van der Waals surface area contributed by atoms with Crippen LogP contribution in [0.1, 0.15) is 34.3 Å². The number of aryl methyl sites for hydroxylation is 1. The third-order valence-corrected chi connectivity index (χ3v) is 6.55. The van der Waals surface area contributed by atoms with Gasteiger partial charge in [-0.15, -0.1) is 0 Å². The van der Waals surface area contributed by atoms with Crippen LogP contribution in [0.15, 0.2) is 48.5 Å². The van der Waals surface area contributed by atoms with E-state index in [-0.39, 0.29) is 11.8 Å². The SMILES string of the molecule is Cc1ccc(CN(CC(=O)Nc2cccc(C(=O)N3CCSCC3)c2)C2CC2)cc1. The maximum Gasteiger partial charge on any atom is 0.253 e. The van der Waals surface area contributed by atoms with Gasteiger partial charge in [0.25, 0.3) is 5.91 Å². The minimum atomic E-state index is -0.0343. The Hall–Kier alpha value is -2.31. The van der Waals surface area contributed by atoms with Gasteiger partial charge in [0.1, 0.15) is 0 Å². The van der Waals surface area contributed by atoms with E-state index in [0.29, 0.717) is 23.8 Å². The second-order valence-corrected chi connectivity index (χ2v) is 9.38. The molecular formula is C24H29N3O2S. The topological polar surface area (TPSA) is 52.7 Å². The molecule has 4 rings (SSSR count). The highest BCUT2D eigenvalue weighted by atomic mass is 32.2. The second kappa shape index (κ2) is 9.67. The zero-order valence-electron chi connectivity index (χ0n) is 17.5. The highest BCUT2D eigenvalue weighted by Gasteiger charge is 2.30. The van der Waals surface area contributed by atoms with Gasteiger partial charge in [-0.1, -0.05) is 35.9 Å². The summed E-state index contributed by atoms with van der Waals surface area (Å²) < 4.78 is 0. The van der Waals surface area contributed by atoms with E-state index in [4.69, 9.17) is 0 Å². The lowest BCUT2D eigenvalue weighted by Gasteiger charge is -2.26. The van der Waals surface area contributed by atoms with Gasteiger partial charge in [-0.05, 0) is 43.5 Å². The number of anilines is 1. The van der Waals surface area contributed by atoms with Crippen LogP contribution in [0, 0.1) is 6.92 Å². The highest BCUT2D eigenvalue weighted by molar-refractivity contribution is 7.99. The molecule has 30 heavy (non-hydrogen) atoms. The molecule has 0 aromatic heterocycles. The van der Waals surface area contributed by atoms with Gasteiger partial charge in [-0.2, -0.15) is 11.8 Å². The lowest BCUT2D eigenvalue weighted by molar-refractivity contribution is -0.117. The Morgan fingerprint density at radius 3 is 2.53 bits per heavy atom. The van der Waals surface area contributed by atoms with Crippen molar-refractivity contribution in [3.05, 3.63) is 65.2 Å². The molecule has 1 heterocycles. The van der Waals surface area contributed by atoms with Crippen molar-refractivity contribution in [1.29, 1.82) is 0 Å². The molecule has 0 atom stereocenters. The van der Waals surface area contributed by atoms with E-state index in [2.05, 4.69) is 41.4 Å². The van der Waals surface area contributed by atoms with Crippen LogP contribution in [-0.4, -0.2) is 58.8 Å². The van der Waals surface area contributed by atoms with Crippen molar-refractivity contribution in [2.75, 3.05) is 36.5 Å². The number of hydrogen-bond acceptors (Lipinski definition) is 4. The molecule has 0 radical (unpaired) electrons. The quantitative estimate of drug-likeness (QED) is 0.736. The van der Waals surface area contributed by atoms with Gasteiger partial charge in [0, 0.05) is 48.4 Å². The molecule has 1 N–H and O–H groups in total. The number of rotatable bonds is 7. The van der Waals surface area contributed by atoms with Crippen molar-refractivity contribution in [2.24, 2.45) is 0 Å². The summed E-state index contributed by atoms with van der Waals surface area (Å²) in [4.78, 5) is 29.6. The predicted molar refractivity (Wildman–Crippen MR) is 123 cm³/mol. The smallest absolute Gasteiger partial charge is 0.253 e. The number of carbonyl (C=O) groups excluding carboxylic acids is 2. The Kier molecular flexibility index (Phi) is 6.75. The third kappa shape index (κ3) is 5.64. The molecule has 2 amide bonds. The normalized spacial score (nSPS) is 16.5. The first kappa shape index (κ1) is 20.9. The van der Waals surface area contributed by atoms with Crippen molar-refractivity contribution < 1.29 is 9.59 Å². The molecule has 2 aromatic carbocycles. The highest BCUT2D eigenvalue weighted by Crippen LogP contribution is 2.28. The average molecular weight is 424 g/mol. The van der Waals surface area contributed by atoms with Crippen LogP contribution < -0.4 is 5.32 Å². The van der Waals surface area contributed by atoms with E-state index in [1.54, 1.807) is 6.07 Å². The van der Waals surface area contributed by atoms with Gasteiger partial charge in [0.15, 0.2) is 0 Å². The van der Waals surface area contributed by atoms with Crippen LogP contribution in [0.2, 0.25) is 0 Å². The number of benzene rings is 2. The summed E-state index contributed by atoms with van der Waals surface area (Å²) >= 11 is 1.88. The first-order chi connectivity index (χ1) is 14.6. The fraction of sp³-hybridized carbons (Fsp3) is 0.417. The molecule has 158 valence electrons. The maximum atomic E-state index is 12.7. The Morgan fingerprint density at radius 2 is 1.83 bits per heavy atom. The second-order valence-electron chi connectivity index (χ2n) is 8.16. The van der Waals surface area contributed by atoms with Gasteiger partial charge < -0.3 is 10.2 Å². The summed E-state index contributed by atoms with van der Waals surface area (Å²) in [6, 6.07) is 16.3. The lowest BCUT2D eigenvalue weighted by Crippen LogP contribution is -2.38. The summed E-state index contributed by atoms with van der Waals surface area (Å²) in [5.74, 6) is 1.98. The Balaban J connectivity index is 1.36. The molecule has 2 aliphatic rings. The molecule has 1 saturated carbocycles. The van der Waals surface area contributed by atoms with E-state index in [1.165, 1.54) is 11.1 Å². The fourth-order valence-corrected chi connectivity index (χ4v) is 4.65. The Morgan fingerprint density at radius 1 is 1.10 bits per heavy atom. The molecule has 6 heteroatoms. The molecule has 0 spiro atoms. The first-order valence-corrected chi connectivity index (χ1v) is 11.8. The van der Waals surface area contributed by atoms with Crippen molar-refractivity contribution >= 4 is 29.3 Å². The van der Waals surface area contributed by atoms with Crippen LogP contribution in [-0.2, 0) is 11.3 Å². The van der Waals surface area contributed by atoms with Gasteiger partial charge in [0.2, 0.25) is 5.91 Å². The number of nitrogens with one attached hydrogen (secondary N) is 1.